The lowest BCUT2D eigenvalue weighted by molar-refractivity contribution is -0.112. The van der Waals surface area contributed by atoms with Gasteiger partial charge in [-0.1, -0.05) is 19.9 Å². The number of aromatic nitrogens is 2. The third-order valence-electron chi connectivity index (χ3n) is 5.91. The molecule has 34 heavy (non-hydrogen) atoms. The molecule has 0 saturated carbocycles. The lowest BCUT2D eigenvalue weighted by Gasteiger charge is -2.33. The number of rotatable bonds is 6. The summed E-state index contributed by atoms with van der Waals surface area (Å²) in [6.45, 7) is 4.27. The second kappa shape index (κ2) is 8.38. The molecule has 1 saturated heterocycles. The molecule has 0 bridgehead atoms. The van der Waals surface area contributed by atoms with Crippen LogP contribution in [0.25, 0.3) is 0 Å². The smallest absolute Gasteiger partial charge is 0.420 e. The summed E-state index contributed by atoms with van der Waals surface area (Å²) in [5.74, 6) is -1.17. The van der Waals surface area contributed by atoms with Gasteiger partial charge in [0.1, 0.15) is 5.75 Å². The zero-order valence-electron chi connectivity index (χ0n) is 18.6. The Kier molecular flexibility index (Phi) is 5.97. The maximum Gasteiger partial charge on any atom is 0.487 e. The number of allylic oxidation sites excluding steroid dienone is 2. The average molecular weight is 513 g/mol. The van der Waals surface area contributed by atoms with E-state index in [0.717, 1.165) is 11.9 Å². The van der Waals surface area contributed by atoms with Crippen LogP contribution in [0.5, 0.6) is 5.75 Å². The zero-order valence-corrected chi connectivity index (χ0v) is 20.1. The van der Waals surface area contributed by atoms with Gasteiger partial charge in [-0.3, -0.25) is 14.2 Å². The van der Waals surface area contributed by atoms with Gasteiger partial charge in [0.15, 0.2) is 0 Å². The highest BCUT2D eigenvalue weighted by Crippen LogP contribution is 2.53. The number of nitrogens with one attached hydrogen (secondary N) is 2. The number of aromatic amines is 1. The number of alkyl halides is 3. The molecule has 2 aliphatic rings. The third kappa shape index (κ3) is 4.95. The lowest BCUT2D eigenvalue weighted by atomic mass is 9.69. The molecule has 1 aliphatic carbocycles. The Morgan fingerprint density at radius 1 is 1.29 bits per heavy atom. The first-order chi connectivity index (χ1) is 15.7. The van der Waals surface area contributed by atoms with Crippen molar-refractivity contribution in [3.63, 3.8) is 0 Å². The molecule has 1 aliphatic heterocycles. The molecule has 2 heterocycles. The van der Waals surface area contributed by atoms with Crippen LogP contribution in [0, 0.1) is 11.3 Å². The number of halogens is 3. The summed E-state index contributed by atoms with van der Waals surface area (Å²) in [5, 5.41) is 9.66. The Morgan fingerprint density at radius 2 is 1.97 bits per heavy atom. The number of amides is 1. The molecule has 1 aromatic heterocycles. The first kappa shape index (κ1) is 24.2. The van der Waals surface area contributed by atoms with Crippen molar-refractivity contribution in [3.05, 3.63) is 65.6 Å². The van der Waals surface area contributed by atoms with Crippen LogP contribution < -0.4 is 10.1 Å². The van der Waals surface area contributed by atoms with Gasteiger partial charge in [-0.05, 0) is 41.8 Å². The minimum Gasteiger partial charge on any atom is -0.420 e. The van der Waals surface area contributed by atoms with E-state index in [9.17, 15) is 22.0 Å². The Balaban J connectivity index is 1.66. The number of hydrogen-bond acceptors (Lipinski definition) is 5. The first-order valence-electron chi connectivity index (χ1n) is 10.3. The predicted octanol–water partition coefficient (Wildman–Crippen LogP) is 4.04. The normalized spacial score (nSPS) is 22.0. The van der Waals surface area contributed by atoms with E-state index in [0.29, 0.717) is 11.4 Å². The van der Waals surface area contributed by atoms with Crippen LogP contribution in [0.2, 0.25) is 0 Å². The van der Waals surface area contributed by atoms with Gasteiger partial charge < -0.3 is 10.1 Å². The van der Waals surface area contributed by atoms with Crippen molar-refractivity contribution >= 4 is 33.2 Å². The Morgan fingerprint density at radius 3 is 2.53 bits per heavy atom. The van der Waals surface area contributed by atoms with Crippen molar-refractivity contribution < 1.29 is 26.7 Å². The maximum absolute atomic E-state index is 13.1. The van der Waals surface area contributed by atoms with Gasteiger partial charge in [0.05, 0.1) is 6.26 Å². The number of nitrogens with zero attached hydrogens (tertiary/aromatic N) is 2. The van der Waals surface area contributed by atoms with Gasteiger partial charge in [0.25, 0.3) is 5.91 Å². The van der Waals surface area contributed by atoms with Crippen LogP contribution in [-0.2, 0) is 14.8 Å². The first-order valence-corrected chi connectivity index (χ1v) is 12.5. The molecule has 2 N–H and O–H groups in total. The second-order valence-electron chi connectivity index (χ2n) is 8.99. The minimum absolute atomic E-state index is 0.170. The third-order valence-corrected chi connectivity index (χ3v) is 7.13. The van der Waals surface area contributed by atoms with Gasteiger partial charge in [0.2, 0.25) is 10.0 Å². The molecule has 1 amide bonds. The summed E-state index contributed by atoms with van der Waals surface area (Å²) in [6, 6.07) is 7.07. The van der Waals surface area contributed by atoms with E-state index >= 15 is 0 Å². The number of anilines is 1. The van der Waals surface area contributed by atoms with E-state index in [1.54, 1.807) is 24.4 Å². The Labute approximate surface area is 200 Å². The molecule has 0 radical (unpaired) electrons. The van der Waals surface area contributed by atoms with E-state index in [4.69, 9.17) is 11.6 Å². The molecule has 1 aromatic carbocycles. The number of sulfonamides is 1. The molecule has 182 valence electrons. The number of carbonyl (C=O) groups is 1. The molecule has 12 heteroatoms. The van der Waals surface area contributed by atoms with Crippen molar-refractivity contribution in [1.82, 2.24) is 14.5 Å². The van der Waals surface area contributed by atoms with E-state index in [2.05, 4.69) is 20.3 Å². The second-order valence-corrected chi connectivity index (χ2v) is 11.3. The number of fused-ring (bicyclic) bond motifs is 1. The van der Waals surface area contributed by atoms with E-state index in [1.165, 1.54) is 28.6 Å². The molecule has 2 unspecified atom stereocenters. The van der Waals surface area contributed by atoms with Gasteiger partial charge in [-0.15, -0.1) is 8.78 Å². The maximum atomic E-state index is 13.1. The van der Waals surface area contributed by atoms with Gasteiger partial charge >= 0.3 is 5.57 Å². The molecule has 4 rings (SSSR count). The zero-order chi connectivity index (χ0) is 24.9. The molecule has 1 fully saturated rings. The standard InChI is InChI=1S/C22H23ClF2N4O4S/c1-21(2)12-29(34(3,31)32)18-11-13(10-16(19(18)21)17-8-9-26-28-17)20(30)27-14-4-6-15(7-5-14)33-22(23,24)25/h4-11,16,19H,12H2,1-3H3,(H,26,28)(H,27,30). The van der Waals surface area contributed by atoms with Crippen LogP contribution in [-0.4, -0.2) is 47.2 Å². The SMILES string of the molecule is CC1(C)CN(S(C)(=O)=O)C2=CC(C(=O)Nc3ccc(OC(F)(F)Cl)cc3)=CC(c3ccn[nH]3)C21. The molecular weight excluding hydrogens is 490 g/mol. The van der Waals surface area contributed by atoms with Crippen LogP contribution in [0.3, 0.4) is 0 Å². The van der Waals surface area contributed by atoms with Crippen LogP contribution >= 0.6 is 11.6 Å². The van der Waals surface area contributed by atoms with Crippen LogP contribution in [0.15, 0.2) is 60.0 Å². The summed E-state index contributed by atoms with van der Waals surface area (Å²) in [6.07, 6.45) is 6.12. The quantitative estimate of drug-likeness (QED) is 0.568. The number of carbonyl (C=O) groups excluding carboxylic acids is 1. The molecule has 8 nitrogen and oxygen atoms in total. The van der Waals surface area contributed by atoms with Crippen molar-refractivity contribution in [2.45, 2.75) is 25.3 Å². The fraction of sp³-hybridized carbons (Fsp3) is 0.364. The molecule has 2 aromatic rings. The fourth-order valence-corrected chi connectivity index (χ4v) is 5.76. The molecule has 0 spiro atoms. The van der Waals surface area contributed by atoms with Crippen LogP contribution in [0.4, 0.5) is 14.5 Å². The van der Waals surface area contributed by atoms with Gasteiger partial charge in [-0.25, -0.2) is 8.42 Å². The van der Waals surface area contributed by atoms with Crippen molar-refractivity contribution in [1.29, 1.82) is 0 Å². The average Bonchev–Trinajstić information content (AvgIpc) is 3.34. The van der Waals surface area contributed by atoms with Crippen molar-refractivity contribution in [2.24, 2.45) is 11.3 Å². The highest BCUT2D eigenvalue weighted by molar-refractivity contribution is 7.88. The van der Waals surface area contributed by atoms with E-state index in [1.807, 2.05) is 13.8 Å². The Bertz CT molecular complexity index is 1250. The summed E-state index contributed by atoms with van der Waals surface area (Å²) >= 11 is 4.76. The summed E-state index contributed by atoms with van der Waals surface area (Å²) in [4.78, 5) is 13.1. The molecule has 2 atom stereocenters. The predicted molar refractivity (Wildman–Crippen MR) is 123 cm³/mol. The molecular formula is C22H23ClF2N4O4S. The summed E-state index contributed by atoms with van der Waals surface area (Å²) in [7, 11) is -3.57. The number of H-pyrrole nitrogens is 1. The number of ether oxygens (including phenoxy) is 1. The van der Waals surface area contributed by atoms with E-state index in [-0.39, 0.29) is 29.7 Å². The largest absolute Gasteiger partial charge is 0.487 e. The van der Waals surface area contributed by atoms with Crippen molar-refractivity contribution in [2.75, 3.05) is 18.1 Å². The monoisotopic (exact) mass is 512 g/mol. The van der Waals surface area contributed by atoms with Crippen molar-refractivity contribution in [3.8, 4) is 5.75 Å². The Hall–Kier alpha value is -2.92. The number of hydrogen-bond donors (Lipinski definition) is 2. The topological polar surface area (TPSA) is 104 Å². The van der Waals surface area contributed by atoms with Crippen LogP contribution in [0.1, 0.15) is 25.5 Å². The fourth-order valence-electron chi connectivity index (χ4n) is 4.56. The highest BCUT2D eigenvalue weighted by Gasteiger charge is 2.51. The lowest BCUT2D eigenvalue weighted by Crippen LogP contribution is -2.30. The van der Waals surface area contributed by atoms with Gasteiger partial charge in [-0.2, -0.15) is 5.10 Å². The highest BCUT2D eigenvalue weighted by atomic mass is 35.5. The number of benzene rings is 1. The summed E-state index contributed by atoms with van der Waals surface area (Å²) < 4.78 is 56.3. The van der Waals surface area contributed by atoms with Gasteiger partial charge in [0, 0.05) is 58.8 Å². The minimum atomic E-state index is -3.84. The van der Waals surface area contributed by atoms with E-state index < -0.39 is 26.9 Å². The summed E-state index contributed by atoms with van der Waals surface area (Å²) in [5.41, 5.74) is -2.35.